The summed E-state index contributed by atoms with van der Waals surface area (Å²) in [6, 6.07) is 14.3. The monoisotopic (exact) mass is 313 g/mol. The molecular formula is C19H23NO3. The first-order valence-corrected chi connectivity index (χ1v) is 8.16. The van der Waals surface area contributed by atoms with Gasteiger partial charge in [-0.1, -0.05) is 18.2 Å². The fourth-order valence-electron chi connectivity index (χ4n) is 2.58. The molecule has 0 radical (unpaired) electrons. The summed E-state index contributed by atoms with van der Waals surface area (Å²) < 4.78 is 16.9. The number of rotatable bonds is 6. The van der Waals surface area contributed by atoms with Crippen LogP contribution in [0.25, 0.3) is 0 Å². The van der Waals surface area contributed by atoms with E-state index in [0.29, 0.717) is 13.2 Å². The number of benzene rings is 2. The van der Waals surface area contributed by atoms with Crippen molar-refractivity contribution >= 4 is 0 Å². The van der Waals surface area contributed by atoms with Crippen molar-refractivity contribution in [1.29, 1.82) is 0 Å². The van der Waals surface area contributed by atoms with Gasteiger partial charge in [0.15, 0.2) is 11.5 Å². The Morgan fingerprint density at radius 2 is 1.74 bits per heavy atom. The molecule has 0 spiro atoms. The summed E-state index contributed by atoms with van der Waals surface area (Å²) in [6.45, 7) is 5.71. The second kappa shape index (κ2) is 7.88. The molecule has 23 heavy (non-hydrogen) atoms. The van der Waals surface area contributed by atoms with Crippen molar-refractivity contribution in [3.05, 3.63) is 53.6 Å². The summed E-state index contributed by atoms with van der Waals surface area (Å²) in [5.74, 6) is 2.61. The molecule has 0 bridgehead atoms. The molecule has 0 aromatic heterocycles. The van der Waals surface area contributed by atoms with Crippen molar-refractivity contribution in [2.24, 2.45) is 0 Å². The maximum absolute atomic E-state index is 5.73. The van der Waals surface area contributed by atoms with E-state index in [1.54, 1.807) is 0 Å². The highest BCUT2D eigenvalue weighted by Crippen LogP contribution is 2.30. The molecule has 1 heterocycles. The van der Waals surface area contributed by atoms with Gasteiger partial charge in [-0.25, -0.2) is 0 Å². The van der Waals surface area contributed by atoms with Gasteiger partial charge in [-0.15, -0.1) is 0 Å². The van der Waals surface area contributed by atoms with Crippen molar-refractivity contribution in [2.45, 2.75) is 26.4 Å². The van der Waals surface area contributed by atoms with Gasteiger partial charge in [0.1, 0.15) is 5.75 Å². The van der Waals surface area contributed by atoms with E-state index in [4.69, 9.17) is 14.2 Å². The highest BCUT2D eigenvalue weighted by molar-refractivity contribution is 5.43. The Morgan fingerprint density at radius 3 is 2.57 bits per heavy atom. The van der Waals surface area contributed by atoms with Crippen LogP contribution in [0.4, 0.5) is 0 Å². The zero-order valence-corrected chi connectivity index (χ0v) is 13.5. The van der Waals surface area contributed by atoms with Gasteiger partial charge in [-0.2, -0.15) is 0 Å². The van der Waals surface area contributed by atoms with Crippen LogP contribution in [0.5, 0.6) is 17.2 Å². The quantitative estimate of drug-likeness (QED) is 0.885. The SMILES string of the molecule is CCOc1cccc(CNCc2ccc3c(c2)OCCCO3)c1. The van der Waals surface area contributed by atoms with E-state index in [1.807, 2.05) is 25.1 Å². The zero-order chi connectivity index (χ0) is 15.9. The summed E-state index contributed by atoms with van der Waals surface area (Å²) in [5.41, 5.74) is 2.40. The Morgan fingerprint density at radius 1 is 0.957 bits per heavy atom. The van der Waals surface area contributed by atoms with E-state index in [0.717, 1.165) is 43.4 Å². The fraction of sp³-hybridized carbons (Fsp3) is 0.368. The average Bonchev–Trinajstić information content (AvgIpc) is 2.80. The number of ether oxygens (including phenoxy) is 3. The van der Waals surface area contributed by atoms with Gasteiger partial charge >= 0.3 is 0 Å². The van der Waals surface area contributed by atoms with E-state index in [2.05, 4.69) is 29.6 Å². The van der Waals surface area contributed by atoms with Crippen LogP contribution in [0.1, 0.15) is 24.5 Å². The Labute approximate surface area is 137 Å². The molecule has 122 valence electrons. The molecule has 0 amide bonds. The molecule has 0 aliphatic carbocycles. The Balaban J connectivity index is 1.56. The molecule has 0 saturated heterocycles. The molecule has 0 unspecified atom stereocenters. The molecule has 2 aromatic rings. The summed E-state index contributed by atoms with van der Waals surface area (Å²) in [6.07, 6.45) is 0.929. The van der Waals surface area contributed by atoms with E-state index in [-0.39, 0.29) is 0 Å². The lowest BCUT2D eigenvalue weighted by molar-refractivity contribution is 0.297. The highest BCUT2D eigenvalue weighted by atomic mass is 16.5. The third-order valence-electron chi connectivity index (χ3n) is 3.68. The summed E-state index contributed by atoms with van der Waals surface area (Å²) in [4.78, 5) is 0. The Bertz CT molecular complexity index is 642. The lowest BCUT2D eigenvalue weighted by Gasteiger charge is -2.11. The van der Waals surface area contributed by atoms with Gasteiger partial charge in [-0.05, 0) is 42.3 Å². The first kappa shape index (κ1) is 15.7. The predicted molar refractivity (Wildman–Crippen MR) is 90.2 cm³/mol. The van der Waals surface area contributed by atoms with Crippen LogP contribution in [0.3, 0.4) is 0 Å². The highest BCUT2D eigenvalue weighted by Gasteiger charge is 2.10. The standard InChI is InChI=1S/C19H23NO3/c1-2-21-17-6-3-5-15(11-17)13-20-14-16-7-8-18-19(12-16)23-10-4-9-22-18/h3,5-8,11-12,20H,2,4,9-10,13-14H2,1H3. The van der Waals surface area contributed by atoms with Crippen LogP contribution in [0.15, 0.2) is 42.5 Å². The van der Waals surface area contributed by atoms with Gasteiger partial charge in [0.05, 0.1) is 19.8 Å². The van der Waals surface area contributed by atoms with Crippen molar-refractivity contribution in [3.63, 3.8) is 0 Å². The maximum atomic E-state index is 5.73. The number of hydrogen-bond donors (Lipinski definition) is 1. The maximum Gasteiger partial charge on any atom is 0.161 e. The Kier molecular flexibility index (Phi) is 5.37. The summed E-state index contributed by atoms with van der Waals surface area (Å²) in [7, 11) is 0. The third kappa shape index (κ3) is 4.39. The van der Waals surface area contributed by atoms with Gasteiger partial charge in [0, 0.05) is 19.5 Å². The zero-order valence-electron chi connectivity index (χ0n) is 13.5. The van der Waals surface area contributed by atoms with Crippen LogP contribution in [-0.4, -0.2) is 19.8 Å². The normalized spacial score (nSPS) is 13.4. The molecule has 2 aromatic carbocycles. The van der Waals surface area contributed by atoms with Crippen molar-refractivity contribution in [1.82, 2.24) is 5.32 Å². The van der Waals surface area contributed by atoms with E-state index < -0.39 is 0 Å². The van der Waals surface area contributed by atoms with Gasteiger partial charge < -0.3 is 19.5 Å². The molecule has 4 nitrogen and oxygen atoms in total. The van der Waals surface area contributed by atoms with Crippen LogP contribution >= 0.6 is 0 Å². The molecule has 0 atom stereocenters. The largest absolute Gasteiger partial charge is 0.494 e. The third-order valence-corrected chi connectivity index (χ3v) is 3.68. The average molecular weight is 313 g/mol. The number of nitrogens with one attached hydrogen (secondary N) is 1. The molecule has 0 fully saturated rings. The first-order valence-electron chi connectivity index (χ1n) is 8.16. The minimum atomic E-state index is 0.689. The molecule has 1 aliphatic heterocycles. The van der Waals surface area contributed by atoms with E-state index in [9.17, 15) is 0 Å². The van der Waals surface area contributed by atoms with Crippen LogP contribution in [0, 0.1) is 0 Å². The number of hydrogen-bond acceptors (Lipinski definition) is 4. The van der Waals surface area contributed by atoms with Gasteiger partial charge in [0.25, 0.3) is 0 Å². The lowest BCUT2D eigenvalue weighted by Crippen LogP contribution is -2.12. The van der Waals surface area contributed by atoms with Crippen LogP contribution < -0.4 is 19.5 Å². The van der Waals surface area contributed by atoms with Crippen molar-refractivity contribution in [2.75, 3.05) is 19.8 Å². The van der Waals surface area contributed by atoms with Crippen molar-refractivity contribution < 1.29 is 14.2 Å². The van der Waals surface area contributed by atoms with E-state index >= 15 is 0 Å². The predicted octanol–water partition coefficient (Wildman–Crippen LogP) is 3.54. The lowest BCUT2D eigenvalue weighted by atomic mass is 10.2. The molecular weight excluding hydrogens is 290 g/mol. The molecule has 4 heteroatoms. The molecule has 1 aliphatic rings. The fourth-order valence-corrected chi connectivity index (χ4v) is 2.58. The first-order chi connectivity index (χ1) is 11.3. The topological polar surface area (TPSA) is 39.7 Å². The molecule has 3 rings (SSSR count). The summed E-state index contributed by atoms with van der Waals surface area (Å²) >= 11 is 0. The number of fused-ring (bicyclic) bond motifs is 1. The van der Waals surface area contributed by atoms with Gasteiger partial charge in [0.2, 0.25) is 0 Å². The smallest absolute Gasteiger partial charge is 0.161 e. The van der Waals surface area contributed by atoms with Crippen molar-refractivity contribution in [3.8, 4) is 17.2 Å². The van der Waals surface area contributed by atoms with Gasteiger partial charge in [-0.3, -0.25) is 0 Å². The van der Waals surface area contributed by atoms with Crippen LogP contribution in [0.2, 0.25) is 0 Å². The minimum absolute atomic E-state index is 0.689. The minimum Gasteiger partial charge on any atom is -0.494 e. The van der Waals surface area contributed by atoms with Crippen LogP contribution in [-0.2, 0) is 13.1 Å². The summed E-state index contributed by atoms with van der Waals surface area (Å²) in [5, 5.41) is 3.46. The second-order valence-electron chi connectivity index (χ2n) is 5.52. The Hall–Kier alpha value is -2.20. The van der Waals surface area contributed by atoms with E-state index in [1.165, 1.54) is 11.1 Å². The molecule has 1 N–H and O–H groups in total. The second-order valence-corrected chi connectivity index (χ2v) is 5.52. The molecule has 0 saturated carbocycles.